The Labute approximate surface area is 160 Å². The number of benzene rings is 1. The molecule has 1 aromatic rings. The van der Waals surface area contributed by atoms with Crippen LogP contribution in [0.25, 0.3) is 0 Å². The highest BCUT2D eigenvalue weighted by Crippen LogP contribution is 2.30. The molecule has 1 aliphatic rings. The van der Waals surface area contributed by atoms with E-state index in [-0.39, 0.29) is 29.7 Å². The van der Waals surface area contributed by atoms with E-state index in [4.69, 9.17) is 0 Å². The predicted octanol–water partition coefficient (Wildman–Crippen LogP) is 2.98. The van der Waals surface area contributed by atoms with Gasteiger partial charge in [0.1, 0.15) is 6.04 Å². The molecule has 7 heteroatoms. The molecule has 2 rings (SSSR count). The number of alkyl carbamates (subject to hydrolysis) is 1. The molecule has 27 heavy (non-hydrogen) atoms. The number of anilines is 1. The summed E-state index contributed by atoms with van der Waals surface area (Å²) in [4.78, 5) is 35.9. The monoisotopic (exact) mass is 375 g/mol. The van der Waals surface area contributed by atoms with E-state index in [2.05, 4.69) is 20.7 Å². The summed E-state index contributed by atoms with van der Waals surface area (Å²) < 4.78 is 4.60. The van der Waals surface area contributed by atoms with Gasteiger partial charge >= 0.3 is 6.09 Å². The van der Waals surface area contributed by atoms with E-state index in [0.717, 1.165) is 24.1 Å². The Bertz CT molecular complexity index is 668. The molecule has 0 aromatic heterocycles. The van der Waals surface area contributed by atoms with Crippen LogP contribution in [0.15, 0.2) is 24.3 Å². The number of nitrogens with one attached hydrogen (secondary N) is 3. The molecule has 1 aromatic carbocycles. The third-order valence-electron chi connectivity index (χ3n) is 4.49. The molecule has 0 saturated heterocycles. The zero-order chi connectivity index (χ0) is 20.0. The van der Waals surface area contributed by atoms with Crippen molar-refractivity contribution in [2.24, 2.45) is 11.8 Å². The van der Waals surface area contributed by atoms with Crippen LogP contribution in [0, 0.1) is 11.8 Å². The predicted molar refractivity (Wildman–Crippen MR) is 103 cm³/mol. The van der Waals surface area contributed by atoms with Gasteiger partial charge in [-0.15, -0.1) is 0 Å². The molecule has 3 N–H and O–H groups in total. The third kappa shape index (κ3) is 6.58. The molecule has 7 nitrogen and oxygen atoms in total. The maximum absolute atomic E-state index is 12.6. The molecule has 1 aliphatic carbocycles. The average Bonchev–Trinajstić information content (AvgIpc) is 3.46. The lowest BCUT2D eigenvalue weighted by Gasteiger charge is -2.22. The highest BCUT2D eigenvalue weighted by molar-refractivity contribution is 5.94. The number of ether oxygens (including phenoxy) is 1. The molecule has 2 atom stereocenters. The summed E-state index contributed by atoms with van der Waals surface area (Å²) in [5.41, 5.74) is 1.66. The van der Waals surface area contributed by atoms with E-state index in [9.17, 15) is 14.4 Å². The number of rotatable bonds is 8. The number of methoxy groups -OCH3 is 1. The number of hydrogen-bond donors (Lipinski definition) is 3. The molecule has 0 heterocycles. The molecular weight excluding hydrogens is 346 g/mol. The standard InChI is InChI=1S/C20H29N3O4/c1-12(2)11-17(23-20(26)27-4)19(25)21-13(3)14-7-9-16(10-8-14)22-18(24)15-5-6-15/h7-10,12-13,15,17H,5-6,11H2,1-4H3,(H,21,25)(H,22,24)(H,23,26). The summed E-state index contributed by atoms with van der Waals surface area (Å²) in [7, 11) is 1.27. The Morgan fingerprint density at radius 2 is 1.70 bits per heavy atom. The molecular formula is C20H29N3O4. The lowest BCUT2D eigenvalue weighted by Crippen LogP contribution is -2.47. The van der Waals surface area contributed by atoms with Crippen LogP contribution in [0.1, 0.15) is 51.6 Å². The quantitative estimate of drug-likeness (QED) is 0.651. The molecule has 2 unspecified atom stereocenters. The van der Waals surface area contributed by atoms with Gasteiger partial charge in [0.25, 0.3) is 0 Å². The van der Waals surface area contributed by atoms with Crippen LogP contribution in [-0.4, -0.2) is 31.1 Å². The smallest absolute Gasteiger partial charge is 0.407 e. The van der Waals surface area contributed by atoms with Gasteiger partial charge < -0.3 is 20.7 Å². The third-order valence-corrected chi connectivity index (χ3v) is 4.49. The van der Waals surface area contributed by atoms with Crippen molar-refractivity contribution in [3.63, 3.8) is 0 Å². The summed E-state index contributed by atoms with van der Waals surface area (Å²) in [5.74, 6) is 0.202. The lowest BCUT2D eigenvalue weighted by atomic mass is 10.0. The van der Waals surface area contributed by atoms with E-state index < -0.39 is 12.1 Å². The van der Waals surface area contributed by atoms with Crippen molar-refractivity contribution in [2.75, 3.05) is 12.4 Å². The number of carbonyl (C=O) groups excluding carboxylic acids is 3. The van der Waals surface area contributed by atoms with Gasteiger partial charge in [-0.05, 0) is 49.8 Å². The second kappa shape index (κ2) is 9.39. The molecule has 1 saturated carbocycles. The average molecular weight is 375 g/mol. The maximum Gasteiger partial charge on any atom is 0.407 e. The summed E-state index contributed by atoms with van der Waals surface area (Å²) in [5, 5.41) is 8.40. The lowest BCUT2D eigenvalue weighted by molar-refractivity contribution is -0.124. The van der Waals surface area contributed by atoms with E-state index in [0.29, 0.717) is 6.42 Å². The number of hydrogen-bond acceptors (Lipinski definition) is 4. The normalized spacial score (nSPS) is 15.6. The van der Waals surface area contributed by atoms with Gasteiger partial charge in [0.15, 0.2) is 0 Å². The van der Waals surface area contributed by atoms with Crippen LogP contribution in [0.5, 0.6) is 0 Å². The Balaban J connectivity index is 1.94. The van der Waals surface area contributed by atoms with Crippen molar-refractivity contribution in [3.8, 4) is 0 Å². The highest BCUT2D eigenvalue weighted by Gasteiger charge is 2.29. The maximum atomic E-state index is 12.6. The first-order valence-corrected chi connectivity index (χ1v) is 9.35. The minimum Gasteiger partial charge on any atom is -0.453 e. The molecule has 0 aliphatic heterocycles. The fourth-order valence-corrected chi connectivity index (χ4v) is 2.75. The van der Waals surface area contributed by atoms with Gasteiger partial charge in [0.05, 0.1) is 13.2 Å². The molecule has 0 bridgehead atoms. The summed E-state index contributed by atoms with van der Waals surface area (Å²) >= 11 is 0. The molecule has 0 radical (unpaired) electrons. The Hall–Kier alpha value is -2.57. The van der Waals surface area contributed by atoms with Crippen LogP contribution in [0.3, 0.4) is 0 Å². The van der Waals surface area contributed by atoms with Gasteiger partial charge in [-0.1, -0.05) is 26.0 Å². The molecule has 3 amide bonds. The zero-order valence-electron chi connectivity index (χ0n) is 16.4. The minimum atomic E-state index is -0.656. The Morgan fingerprint density at radius 3 is 2.22 bits per heavy atom. The van der Waals surface area contributed by atoms with Crippen LogP contribution in [0.4, 0.5) is 10.5 Å². The fourth-order valence-electron chi connectivity index (χ4n) is 2.75. The SMILES string of the molecule is COC(=O)NC(CC(C)C)C(=O)NC(C)c1ccc(NC(=O)C2CC2)cc1. The largest absolute Gasteiger partial charge is 0.453 e. The first-order chi connectivity index (χ1) is 12.8. The molecule has 1 fully saturated rings. The van der Waals surface area contributed by atoms with E-state index in [1.807, 2.05) is 45.0 Å². The van der Waals surface area contributed by atoms with Crippen molar-refractivity contribution in [1.82, 2.24) is 10.6 Å². The first kappa shape index (κ1) is 20.7. The van der Waals surface area contributed by atoms with Crippen LogP contribution < -0.4 is 16.0 Å². The summed E-state index contributed by atoms with van der Waals surface area (Å²) in [6, 6.07) is 6.52. The Kier molecular flexibility index (Phi) is 7.21. The van der Waals surface area contributed by atoms with E-state index in [1.54, 1.807) is 0 Å². The van der Waals surface area contributed by atoms with Crippen LogP contribution >= 0.6 is 0 Å². The summed E-state index contributed by atoms with van der Waals surface area (Å²) in [6.07, 6.45) is 1.81. The topological polar surface area (TPSA) is 96.5 Å². The van der Waals surface area contributed by atoms with Gasteiger partial charge in [0.2, 0.25) is 11.8 Å². The van der Waals surface area contributed by atoms with Crippen molar-refractivity contribution in [1.29, 1.82) is 0 Å². The molecule has 148 valence electrons. The second-order valence-electron chi connectivity index (χ2n) is 7.43. The second-order valence-corrected chi connectivity index (χ2v) is 7.43. The van der Waals surface area contributed by atoms with Gasteiger partial charge in [0, 0.05) is 11.6 Å². The summed E-state index contributed by atoms with van der Waals surface area (Å²) in [6.45, 7) is 5.84. The van der Waals surface area contributed by atoms with Crippen LogP contribution in [0.2, 0.25) is 0 Å². The zero-order valence-corrected chi connectivity index (χ0v) is 16.4. The number of carbonyl (C=O) groups is 3. The van der Waals surface area contributed by atoms with Crippen molar-refractivity contribution >= 4 is 23.6 Å². The van der Waals surface area contributed by atoms with Crippen LogP contribution in [-0.2, 0) is 14.3 Å². The van der Waals surface area contributed by atoms with Crippen molar-refractivity contribution < 1.29 is 19.1 Å². The van der Waals surface area contributed by atoms with E-state index >= 15 is 0 Å². The first-order valence-electron chi connectivity index (χ1n) is 9.35. The Morgan fingerprint density at radius 1 is 1.07 bits per heavy atom. The highest BCUT2D eigenvalue weighted by atomic mass is 16.5. The number of amides is 3. The van der Waals surface area contributed by atoms with Gasteiger partial charge in [-0.25, -0.2) is 4.79 Å². The van der Waals surface area contributed by atoms with E-state index in [1.165, 1.54) is 7.11 Å². The van der Waals surface area contributed by atoms with Gasteiger partial charge in [-0.2, -0.15) is 0 Å². The van der Waals surface area contributed by atoms with Crippen molar-refractivity contribution in [3.05, 3.63) is 29.8 Å². The van der Waals surface area contributed by atoms with Gasteiger partial charge in [-0.3, -0.25) is 9.59 Å². The fraction of sp³-hybridized carbons (Fsp3) is 0.550. The molecule has 0 spiro atoms. The minimum absolute atomic E-state index is 0.0644. The van der Waals surface area contributed by atoms with Crippen molar-refractivity contribution in [2.45, 2.75) is 52.1 Å².